The fraction of sp³-hybridized carbons (Fsp3) is 0.655. The smallest absolute Gasteiger partial charge is 0.407 e. The lowest BCUT2D eigenvalue weighted by molar-refractivity contribution is -0.240. The van der Waals surface area contributed by atoms with Crippen LogP contribution in [0.15, 0.2) is 30.3 Å². The molecule has 2 aliphatic carbocycles. The Balaban J connectivity index is 1.51. The topological polar surface area (TPSA) is 176 Å². The maximum atomic E-state index is 14.1. The Morgan fingerprint density at radius 1 is 1.05 bits per heavy atom. The van der Waals surface area contributed by atoms with Gasteiger partial charge in [-0.05, 0) is 17.9 Å². The first-order valence-electron chi connectivity index (χ1n) is 14.0. The van der Waals surface area contributed by atoms with E-state index in [-0.39, 0.29) is 6.61 Å². The summed E-state index contributed by atoms with van der Waals surface area (Å²) < 4.78 is 36.0. The quantitative estimate of drug-likeness (QED) is 0.323. The van der Waals surface area contributed by atoms with Crippen molar-refractivity contribution in [3.05, 3.63) is 35.9 Å². The third-order valence-electron chi connectivity index (χ3n) is 10.6. The van der Waals surface area contributed by atoms with Gasteiger partial charge in [-0.3, -0.25) is 4.79 Å². The molecule has 6 fully saturated rings. The largest absolute Gasteiger partial charge is 0.456 e. The number of carbonyl (C=O) groups excluding carboxylic acids is 4. The molecule has 6 aliphatic rings. The van der Waals surface area contributed by atoms with E-state index in [1.54, 1.807) is 12.1 Å². The molecule has 0 aromatic heterocycles. The first-order chi connectivity index (χ1) is 19.8. The van der Waals surface area contributed by atoms with Crippen molar-refractivity contribution in [2.24, 2.45) is 28.1 Å². The fourth-order valence-corrected chi connectivity index (χ4v) is 9.47. The number of fused-ring (bicyclic) bond motifs is 1. The average molecular weight is 588 g/mol. The van der Waals surface area contributed by atoms with Crippen molar-refractivity contribution in [3.8, 4) is 0 Å². The second-order valence-corrected chi connectivity index (χ2v) is 13.2. The van der Waals surface area contributed by atoms with Crippen molar-refractivity contribution >= 4 is 24.0 Å². The van der Waals surface area contributed by atoms with E-state index in [9.17, 15) is 29.4 Å². The first kappa shape index (κ1) is 27.6. The summed E-state index contributed by atoms with van der Waals surface area (Å²) in [4.78, 5) is 53.4. The Labute approximate surface area is 240 Å². The molecular formula is C29H33NO12. The minimum absolute atomic E-state index is 0.0510. The zero-order chi connectivity index (χ0) is 30.2. The van der Waals surface area contributed by atoms with Crippen LogP contribution in [-0.4, -0.2) is 89.3 Å². The van der Waals surface area contributed by atoms with Crippen molar-refractivity contribution in [1.29, 1.82) is 0 Å². The van der Waals surface area contributed by atoms with Gasteiger partial charge in [0.2, 0.25) is 11.9 Å². The van der Waals surface area contributed by atoms with Crippen molar-refractivity contribution in [2.45, 2.75) is 82.3 Å². The lowest BCUT2D eigenvalue weighted by atomic mass is 9.51. The van der Waals surface area contributed by atoms with Gasteiger partial charge in [-0.25, -0.2) is 14.4 Å². The number of carbonyl (C=O) groups is 4. The minimum Gasteiger partial charge on any atom is -0.456 e. The zero-order valence-electron chi connectivity index (χ0n) is 23.7. The minimum atomic E-state index is -2.43. The number of esters is 3. The molecule has 1 aromatic rings. The number of alkyl carbamates (subject to hydrolysis) is 1. The van der Waals surface area contributed by atoms with Crippen LogP contribution in [0.3, 0.4) is 0 Å². The summed E-state index contributed by atoms with van der Waals surface area (Å²) in [6.07, 6.45) is -9.94. The normalized spacial score (nSPS) is 47.7. The van der Waals surface area contributed by atoms with Gasteiger partial charge in [0, 0.05) is 13.0 Å². The van der Waals surface area contributed by atoms with Crippen molar-refractivity contribution < 1.29 is 57.8 Å². The summed E-state index contributed by atoms with van der Waals surface area (Å²) >= 11 is 0. The monoisotopic (exact) mass is 587 g/mol. The number of nitrogens with one attached hydrogen (secondary N) is 1. The molecule has 4 heterocycles. The van der Waals surface area contributed by atoms with E-state index in [0.717, 1.165) is 5.56 Å². The van der Waals surface area contributed by atoms with Crippen LogP contribution in [0.2, 0.25) is 0 Å². The molecule has 3 N–H and O–H groups in total. The van der Waals surface area contributed by atoms with E-state index in [4.69, 9.17) is 28.4 Å². The molecule has 12 atom stereocenters. The molecule has 0 bridgehead atoms. The van der Waals surface area contributed by atoms with Crippen LogP contribution < -0.4 is 5.32 Å². The molecule has 1 amide bonds. The van der Waals surface area contributed by atoms with Gasteiger partial charge >= 0.3 is 24.0 Å². The predicted molar refractivity (Wildman–Crippen MR) is 136 cm³/mol. The van der Waals surface area contributed by atoms with Gasteiger partial charge < -0.3 is 44.0 Å². The highest BCUT2D eigenvalue weighted by Gasteiger charge is 3.05. The standard InChI is InChI=1S/C29H33NO12/c1-12-20(32)39-18-16(31)27-17-14(38-24(35)30-5)15(25(2,3)4)26(27)19(37-11-13-9-7-6-8-10-13)21(33)41-23(26)42-29(27,22(34)40-17)28(12,18)36/h6-10,12,14-19,23,31,36H,11H2,1-5H3,(H,30,35)/t12-,14-,15+,16+,17?,18?,19+,23?,26?,27?,28-,29?/m1/s1. The van der Waals surface area contributed by atoms with E-state index < -0.39 is 100 Å². The number of hydrogen-bond donors (Lipinski definition) is 3. The van der Waals surface area contributed by atoms with Gasteiger partial charge in [0.05, 0.1) is 23.4 Å². The highest BCUT2D eigenvalue weighted by molar-refractivity contribution is 5.94. The van der Waals surface area contributed by atoms with Crippen molar-refractivity contribution in [1.82, 2.24) is 5.32 Å². The van der Waals surface area contributed by atoms with Gasteiger partial charge in [0.15, 0.2) is 23.9 Å². The summed E-state index contributed by atoms with van der Waals surface area (Å²) in [5, 5.41) is 27.1. The third-order valence-corrected chi connectivity index (χ3v) is 10.6. The average Bonchev–Trinajstić information content (AvgIpc) is 3.64. The molecule has 0 radical (unpaired) electrons. The molecule has 6 unspecified atom stereocenters. The van der Waals surface area contributed by atoms with E-state index in [1.807, 2.05) is 39.0 Å². The summed E-state index contributed by atoms with van der Waals surface area (Å²) in [6, 6.07) is 9.06. The van der Waals surface area contributed by atoms with Crippen LogP contribution in [0, 0.1) is 28.1 Å². The van der Waals surface area contributed by atoms with E-state index in [2.05, 4.69) is 5.32 Å². The highest BCUT2D eigenvalue weighted by atomic mass is 16.8. The lowest BCUT2D eigenvalue weighted by Crippen LogP contribution is -2.67. The predicted octanol–water partition coefficient (Wildman–Crippen LogP) is 0.190. The Kier molecular flexibility index (Phi) is 5.39. The van der Waals surface area contributed by atoms with Crippen LogP contribution in [0.1, 0.15) is 33.3 Å². The number of amides is 1. The van der Waals surface area contributed by atoms with Crippen molar-refractivity contribution in [3.63, 3.8) is 0 Å². The van der Waals surface area contributed by atoms with Crippen LogP contribution >= 0.6 is 0 Å². The Bertz CT molecular complexity index is 1390. The molecule has 4 aliphatic heterocycles. The number of benzene rings is 1. The summed E-state index contributed by atoms with van der Waals surface area (Å²) in [7, 11) is 1.37. The fourth-order valence-electron chi connectivity index (χ4n) is 9.47. The molecular weight excluding hydrogens is 554 g/mol. The van der Waals surface area contributed by atoms with Crippen LogP contribution in [-0.2, 0) is 49.4 Å². The van der Waals surface area contributed by atoms with Gasteiger partial charge in [-0.1, -0.05) is 51.1 Å². The molecule has 1 aromatic carbocycles. The maximum absolute atomic E-state index is 14.1. The van der Waals surface area contributed by atoms with Crippen LogP contribution in [0.25, 0.3) is 0 Å². The molecule has 42 heavy (non-hydrogen) atoms. The molecule has 226 valence electrons. The lowest BCUT2D eigenvalue weighted by Gasteiger charge is -2.48. The number of hydrogen-bond acceptors (Lipinski definition) is 12. The van der Waals surface area contributed by atoms with Crippen molar-refractivity contribution in [2.75, 3.05) is 7.05 Å². The zero-order valence-corrected chi connectivity index (χ0v) is 23.7. The van der Waals surface area contributed by atoms with E-state index in [0.29, 0.717) is 0 Å². The van der Waals surface area contributed by atoms with Crippen LogP contribution in [0.4, 0.5) is 4.79 Å². The summed E-state index contributed by atoms with van der Waals surface area (Å²) in [5.74, 6) is -4.96. The number of aliphatic hydroxyl groups excluding tert-OH is 1. The molecule has 2 saturated carbocycles. The SMILES string of the molecule is CNC(=O)O[C@H]1C2OC(=O)C34OC5OC(=O)[C@H](OCc6ccccc6)C5([C@@H]1C(C)(C)C)C23[C@@H](O)C1OC(=O)[C@@H](C)[C@@]14O. The molecule has 2 spiro atoms. The van der Waals surface area contributed by atoms with Gasteiger partial charge in [0.25, 0.3) is 0 Å². The first-order valence-corrected chi connectivity index (χ1v) is 14.0. The molecule has 4 saturated heterocycles. The molecule has 13 heteroatoms. The third kappa shape index (κ3) is 2.62. The van der Waals surface area contributed by atoms with E-state index in [1.165, 1.54) is 14.0 Å². The molecule has 7 rings (SSSR count). The highest BCUT2D eigenvalue weighted by Crippen LogP contribution is 2.85. The Hall–Kier alpha value is -3.26. The number of aliphatic hydroxyl groups is 2. The number of ether oxygens (including phenoxy) is 6. The van der Waals surface area contributed by atoms with E-state index >= 15 is 0 Å². The Morgan fingerprint density at radius 2 is 1.74 bits per heavy atom. The second-order valence-electron chi connectivity index (χ2n) is 13.2. The summed E-state index contributed by atoms with van der Waals surface area (Å²) in [5.41, 5.74) is -8.68. The van der Waals surface area contributed by atoms with Gasteiger partial charge in [-0.2, -0.15) is 0 Å². The number of rotatable bonds is 4. The van der Waals surface area contributed by atoms with Crippen LogP contribution in [0.5, 0.6) is 0 Å². The second kappa shape index (κ2) is 8.22. The summed E-state index contributed by atoms with van der Waals surface area (Å²) in [6.45, 7) is 6.86. The van der Waals surface area contributed by atoms with Gasteiger partial charge in [0.1, 0.15) is 12.2 Å². The maximum Gasteiger partial charge on any atom is 0.407 e. The Morgan fingerprint density at radius 3 is 2.38 bits per heavy atom. The van der Waals surface area contributed by atoms with Gasteiger partial charge in [-0.15, -0.1) is 0 Å². The molecule has 13 nitrogen and oxygen atoms in total.